The van der Waals surface area contributed by atoms with Gasteiger partial charge in [0.2, 0.25) is 0 Å². The van der Waals surface area contributed by atoms with E-state index in [0.29, 0.717) is 31.3 Å². The molecule has 0 spiro atoms. The van der Waals surface area contributed by atoms with E-state index in [2.05, 4.69) is 51.7 Å². The third-order valence-corrected chi connectivity index (χ3v) is 6.92. The molecule has 2 bridgehead atoms. The van der Waals surface area contributed by atoms with Gasteiger partial charge in [-0.05, 0) is 57.3 Å². The zero-order chi connectivity index (χ0) is 25.9. The Hall–Kier alpha value is -2.21. The Balaban J connectivity index is 1.70. The molecule has 0 saturated carbocycles. The topological polar surface area (TPSA) is 65.0 Å². The van der Waals surface area contributed by atoms with Crippen LogP contribution in [-0.4, -0.2) is 48.2 Å². The lowest BCUT2D eigenvalue weighted by Crippen LogP contribution is -2.29. The van der Waals surface area contributed by atoms with Gasteiger partial charge in [-0.1, -0.05) is 80.2 Å². The van der Waals surface area contributed by atoms with E-state index in [9.17, 15) is 9.90 Å². The number of esters is 1. The Labute approximate surface area is 217 Å². The number of aliphatic hydroxyl groups is 1. The molecule has 3 heterocycles. The molecule has 0 fully saturated rings. The lowest BCUT2D eigenvalue weighted by molar-refractivity contribution is -0.147. The Bertz CT molecular complexity index is 879. The maximum Gasteiger partial charge on any atom is 0.330 e. The second-order valence-corrected chi connectivity index (χ2v) is 10.7. The van der Waals surface area contributed by atoms with Crippen molar-refractivity contribution < 1.29 is 24.1 Å². The van der Waals surface area contributed by atoms with Crippen LogP contribution in [0.2, 0.25) is 0 Å². The van der Waals surface area contributed by atoms with Crippen LogP contribution in [-0.2, 0) is 19.0 Å². The van der Waals surface area contributed by atoms with Gasteiger partial charge < -0.3 is 19.3 Å². The average Bonchev–Trinajstić information content (AvgIpc) is 2.81. The van der Waals surface area contributed by atoms with Crippen LogP contribution in [0, 0.1) is 11.8 Å². The van der Waals surface area contributed by atoms with Crippen molar-refractivity contribution in [1.82, 2.24) is 0 Å². The summed E-state index contributed by atoms with van der Waals surface area (Å²) in [7, 11) is 0. The van der Waals surface area contributed by atoms with Gasteiger partial charge in [0.1, 0.15) is 12.2 Å². The molecule has 0 unspecified atom stereocenters. The van der Waals surface area contributed by atoms with Crippen molar-refractivity contribution in [2.24, 2.45) is 11.8 Å². The molecule has 0 aliphatic carbocycles. The zero-order valence-electron chi connectivity index (χ0n) is 22.2. The summed E-state index contributed by atoms with van der Waals surface area (Å²) in [5.74, 6) is 0.367. The highest BCUT2D eigenvalue weighted by Gasteiger charge is 2.23. The molecule has 36 heavy (non-hydrogen) atoms. The average molecular weight is 497 g/mol. The monoisotopic (exact) mass is 496 g/mol. The van der Waals surface area contributed by atoms with Crippen LogP contribution in [0.15, 0.2) is 72.4 Å². The molecule has 0 saturated heterocycles. The van der Waals surface area contributed by atoms with Crippen molar-refractivity contribution >= 4 is 5.97 Å². The van der Waals surface area contributed by atoms with Crippen LogP contribution < -0.4 is 0 Å². The number of hydrogen-bond acceptors (Lipinski definition) is 5. The van der Waals surface area contributed by atoms with Gasteiger partial charge in [-0.25, -0.2) is 4.79 Å². The lowest BCUT2D eigenvalue weighted by atomic mass is 9.90. The van der Waals surface area contributed by atoms with Crippen LogP contribution in [0.5, 0.6) is 0 Å². The minimum atomic E-state index is -0.927. The van der Waals surface area contributed by atoms with Crippen molar-refractivity contribution in [1.29, 1.82) is 0 Å². The maximum atomic E-state index is 12.6. The second-order valence-electron chi connectivity index (χ2n) is 10.7. The van der Waals surface area contributed by atoms with Crippen molar-refractivity contribution in [2.45, 2.75) is 96.2 Å². The number of carbonyl (C=O) groups is 1. The van der Waals surface area contributed by atoms with Crippen LogP contribution in [0.4, 0.5) is 0 Å². The summed E-state index contributed by atoms with van der Waals surface area (Å²) in [5, 5.41) is 10.9. The number of ether oxygens (including phenoxy) is 3. The summed E-state index contributed by atoms with van der Waals surface area (Å²) in [6.45, 7) is 11.4. The van der Waals surface area contributed by atoms with Crippen LogP contribution in [0.3, 0.4) is 0 Å². The normalized spacial score (nSPS) is 35.8. The first-order chi connectivity index (χ1) is 17.3. The molecule has 0 aromatic heterocycles. The van der Waals surface area contributed by atoms with E-state index in [1.54, 1.807) is 12.2 Å². The number of carbonyl (C=O) groups excluding carboxylic acids is 1. The maximum absolute atomic E-state index is 12.6. The van der Waals surface area contributed by atoms with E-state index in [-0.39, 0.29) is 18.3 Å². The summed E-state index contributed by atoms with van der Waals surface area (Å²) >= 11 is 0. The summed E-state index contributed by atoms with van der Waals surface area (Å²) in [6, 6.07) is 0. The van der Waals surface area contributed by atoms with Crippen molar-refractivity contribution in [3.8, 4) is 0 Å². The Morgan fingerprint density at radius 3 is 2.69 bits per heavy atom. The molecule has 3 aliphatic rings. The highest BCUT2D eigenvalue weighted by atomic mass is 16.6. The number of hydrogen-bond donors (Lipinski definition) is 1. The van der Waals surface area contributed by atoms with Gasteiger partial charge in [-0.2, -0.15) is 0 Å². The van der Waals surface area contributed by atoms with Gasteiger partial charge in [0.15, 0.2) is 0 Å². The van der Waals surface area contributed by atoms with E-state index in [0.717, 1.165) is 32.1 Å². The number of allylic oxidation sites excluding steroid dienone is 2. The van der Waals surface area contributed by atoms with Gasteiger partial charge in [0.25, 0.3) is 0 Å². The number of aliphatic hydroxyl groups excluding tert-OH is 1. The predicted molar refractivity (Wildman–Crippen MR) is 144 cm³/mol. The summed E-state index contributed by atoms with van der Waals surface area (Å²) < 4.78 is 17.7. The van der Waals surface area contributed by atoms with E-state index in [4.69, 9.17) is 14.2 Å². The molecule has 0 aromatic rings. The molecule has 0 aromatic carbocycles. The fourth-order valence-corrected chi connectivity index (χ4v) is 5.10. The van der Waals surface area contributed by atoms with Gasteiger partial charge in [0.05, 0.1) is 24.9 Å². The Kier molecular flexibility index (Phi) is 11.4. The SMILES string of the molecule is C=C1C[C@H](C)C[C@@H]2CC=C[C@@H](C/C=C\C(=O)O[C@H]([C@@H](O)/C=C/[C@@H]3CC(C)=CCO3)C/C=C/[C@@H](C)C1)O2. The van der Waals surface area contributed by atoms with Crippen LogP contribution in [0.25, 0.3) is 0 Å². The summed E-state index contributed by atoms with van der Waals surface area (Å²) in [6.07, 6.45) is 21.4. The lowest BCUT2D eigenvalue weighted by Gasteiger charge is -2.28. The largest absolute Gasteiger partial charge is 0.456 e. The molecule has 3 rings (SSSR count). The van der Waals surface area contributed by atoms with Crippen LogP contribution >= 0.6 is 0 Å². The Morgan fingerprint density at radius 1 is 1.08 bits per heavy atom. The molecule has 1 N–H and O–H groups in total. The van der Waals surface area contributed by atoms with Crippen molar-refractivity contribution in [3.05, 3.63) is 72.4 Å². The molecule has 0 radical (unpaired) electrons. The molecule has 198 valence electrons. The zero-order valence-corrected chi connectivity index (χ0v) is 22.2. The van der Waals surface area contributed by atoms with E-state index in [1.807, 2.05) is 12.2 Å². The van der Waals surface area contributed by atoms with Crippen molar-refractivity contribution in [2.75, 3.05) is 6.61 Å². The fourth-order valence-electron chi connectivity index (χ4n) is 5.10. The van der Waals surface area contributed by atoms with Crippen molar-refractivity contribution in [3.63, 3.8) is 0 Å². The van der Waals surface area contributed by atoms with E-state index >= 15 is 0 Å². The van der Waals surface area contributed by atoms with Gasteiger partial charge in [-0.3, -0.25) is 0 Å². The molecule has 0 amide bonds. The highest BCUT2D eigenvalue weighted by Crippen LogP contribution is 2.27. The predicted octanol–water partition coefficient (Wildman–Crippen LogP) is 6.17. The first-order valence-corrected chi connectivity index (χ1v) is 13.4. The second kappa shape index (κ2) is 14.5. The molecule has 5 nitrogen and oxygen atoms in total. The third-order valence-electron chi connectivity index (χ3n) is 6.92. The highest BCUT2D eigenvalue weighted by molar-refractivity contribution is 5.82. The minimum absolute atomic E-state index is 0.0395. The van der Waals surface area contributed by atoms with E-state index < -0.39 is 18.2 Å². The Morgan fingerprint density at radius 2 is 1.89 bits per heavy atom. The summed E-state index contributed by atoms with van der Waals surface area (Å²) in [4.78, 5) is 12.6. The fraction of sp³-hybridized carbons (Fsp3) is 0.581. The number of fused-ring (bicyclic) bond motifs is 2. The number of rotatable bonds is 3. The molecule has 5 heteroatoms. The quantitative estimate of drug-likeness (QED) is 0.374. The molecular formula is C31H44O5. The standard InChI is InChI=1S/C31H44O5/c1-22-8-5-12-30(29(32)15-14-27-20-23(2)16-17-34-27)36-31(33)13-7-10-26-9-6-11-28(35-26)21-25(4)19-24(3)18-22/h5-9,13-16,22,25-30,32H,3,10-12,17-21H2,1-2,4H3/b8-5+,13-7-,15-14+/t22-,25+,26+,27-,28+,29+,30+/m1/s1. The first-order valence-electron chi connectivity index (χ1n) is 13.4. The van der Waals surface area contributed by atoms with Crippen LogP contribution in [0.1, 0.15) is 65.7 Å². The third kappa shape index (κ3) is 10.0. The number of cyclic esters (lactones) is 1. The van der Waals surface area contributed by atoms with Gasteiger partial charge >= 0.3 is 5.97 Å². The molecular weight excluding hydrogens is 452 g/mol. The summed E-state index contributed by atoms with van der Waals surface area (Å²) in [5.41, 5.74) is 2.52. The smallest absolute Gasteiger partial charge is 0.330 e. The molecule has 7 atom stereocenters. The minimum Gasteiger partial charge on any atom is -0.456 e. The van der Waals surface area contributed by atoms with E-state index in [1.165, 1.54) is 17.2 Å². The first kappa shape index (κ1) is 28.4. The van der Waals surface area contributed by atoms with Gasteiger partial charge in [0, 0.05) is 12.5 Å². The van der Waals surface area contributed by atoms with Gasteiger partial charge in [-0.15, -0.1) is 0 Å². The molecule has 3 aliphatic heterocycles.